The molecule has 0 radical (unpaired) electrons. The second-order valence-electron chi connectivity index (χ2n) is 3.55. The van der Waals surface area contributed by atoms with Crippen molar-refractivity contribution >= 4 is 20.9 Å². The number of nitrogens with zero attached hydrogens (tertiary/aromatic N) is 2. The molecule has 0 aromatic rings. The van der Waals surface area contributed by atoms with Gasteiger partial charge in [-0.2, -0.15) is 0 Å². The summed E-state index contributed by atoms with van der Waals surface area (Å²) in [6, 6.07) is 0. The van der Waals surface area contributed by atoms with Crippen LogP contribution in [0.5, 0.6) is 0 Å². The Hall–Kier alpha value is -1.10. The highest BCUT2D eigenvalue weighted by Gasteiger charge is 2.26. The lowest BCUT2D eigenvalue weighted by atomic mass is 10.6. The van der Waals surface area contributed by atoms with E-state index in [0.717, 1.165) is 0 Å². The van der Waals surface area contributed by atoms with Crippen molar-refractivity contribution in [2.45, 2.75) is 34.6 Å². The fourth-order valence-electron chi connectivity index (χ4n) is 1.74. The smallest absolute Gasteiger partial charge is 0.277 e. The standard InChI is InChI=1S/C11H22N2O2Si/c1-6-9-16(12(7-2)10(4)14)13(8-3)11(5)15/h6,9,16H,7-8H2,1-5H3. The molecule has 0 fully saturated rings. The van der Waals surface area contributed by atoms with Crippen molar-refractivity contribution in [2.75, 3.05) is 13.1 Å². The van der Waals surface area contributed by atoms with E-state index in [-0.39, 0.29) is 11.8 Å². The van der Waals surface area contributed by atoms with Crippen molar-refractivity contribution in [1.82, 2.24) is 9.13 Å². The van der Waals surface area contributed by atoms with Crippen molar-refractivity contribution in [2.24, 2.45) is 0 Å². The Morgan fingerprint density at radius 1 is 1.06 bits per heavy atom. The summed E-state index contributed by atoms with van der Waals surface area (Å²) < 4.78 is 3.62. The molecule has 0 aromatic heterocycles. The van der Waals surface area contributed by atoms with Crippen molar-refractivity contribution in [3.05, 3.63) is 11.8 Å². The van der Waals surface area contributed by atoms with Crippen molar-refractivity contribution in [3.8, 4) is 0 Å². The maximum atomic E-state index is 11.5. The van der Waals surface area contributed by atoms with Crippen molar-refractivity contribution in [3.63, 3.8) is 0 Å². The molecule has 5 heteroatoms. The van der Waals surface area contributed by atoms with Gasteiger partial charge < -0.3 is 9.13 Å². The molecule has 0 unspecified atom stereocenters. The highest BCUT2D eigenvalue weighted by Crippen LogP contribution is 2.05. The zero-order valence-corrected chi connectivity index (χ0v) is 12.0. The Balaban J connectivity index is 5.09. The normalized spacial score (nSPS) is 10.9. The third-order valence-corrected chi connectivity index (χ3v) is 5.96. The summed E-state index contributed by atoms with van der Waals surface area (Å²) in [5.74, 6) is 0.0777. The molecule has 0 rings (SSSR count). The molecule has 92 valence electrons. The number of hydrogen-bond donors (Lipinski definition) is 0. The van der Waals surface area contributed by atoms with Crippen LogP contribution in [0, 0.1) is 0 Å². The lowest BCUT2D eigenvalue weighted by molar-refractivity contribution is -0.126. The fraction of sp³-hybridized carbons (Fsp3) is 0.636. The molecule has 0 spiro atoms. The molecule has 0 aliphatic carbocycles. The van der Waals surface area contributed by atoms with Crippen LogP contribution in [0.25, 0.3) is 0 Å². The van der Waals surface area contributed by atoms with Crippen LogP contribution in [0.4, 0.5) is 0 Å². The number of rotatable bonds is 5. The van der Waals surface area contributed by atoms with Crippen LogP contribution in [0.2, 0.25) is 0 Å². The summed E-state index contributed by atoms with van der Waals surface area (Å²) in [6.07, 6.45) is 1.92. The van der Waals surface area contributed by atoms with Gasteiger partial charge in [-0.05, 0) is 20.8 Å². The number of allylic oxidation sites excluding steroid dienone is 1. The second-order valence-corrected chi connectivity index (χ2v) is 6.01. The number of carbonyl (C=O) groups excluding carboxylic acids is 2. The minimum Gasteiger partial charge on any atom is -0.351 e. The van der Waals surface area contributed by atoms with Crippen LogP contribution in [-0.2, 0) is 9.59 Å². The van der Waals surface area contributed by atoms with Crippen molar-refractivity contribution < 1.29 is 9.59 Å². The zero-order chi connectivity index (χ0) is 12.7. The number of carbonyl (C=O) groups is 2. The molecule has 0 saturated carbocycles. The van der Waals surface area contributed by atoms with E-state index in [0.29, 0.717) is 13.1 Å². The van der Waals surface area contributed by atoms with Crippen LogP contribution < -0.4 is 0 Å². The highest BCUT2D eigenvalue weighted by molar-refractivity contribution is 6.63. The molecule has 0 bridgehead atoms. The first-order valence-electron chi connectivity index (χ1n) is 5.66. The Kier molecular flexibility index (Phi) is 6.72. The quantitative estimate of drug-likeness (QED) is 0.676. The van der Waals surface area contributed by atoms with Crippen LogP contribution in [-0.4, -0.2) is 43.2 Å². The molecule has 4 nitrogen and oxygen atoms in total. The molecule has 0 aliphatic heterocycles. The fourth-order valence-corrected chi connectivity index (χ4v) is 4.33. The van der Waals surface area contributed by atoms with Crippen LogP contribution in [0.1, 0.15) is 34.6 Å². The third kappa shape index (κ3) is 3.81. The van der Waals surface area contributed by atoms with E-state index in [1.54, 1.807) is 13.8 Å². The van der Waals surface area contributed by atoms with Crippen LogP contribution in [0.15, 0.2) is 11.8 Å². The summed E-state index contributed by atoms with van der Waals surface area (Å²) >= 11 is 0. The lowest BCUT2D eigenvalue weighted by Gasteiger charge is -2.34. The molecule has 0 aromatic carbocycles. The summed E-state index contributed by atoms with van der Waals surface area (Å²) in [6.45, 7) is 10.2. The number of hydrogen-bond acceptors (Lipinski definition) is 2. The zero-order valence-electron chi connectivity index (χ0n) is 10.9. The largest absolute Gasteiger partial charge is 0.351 e. The van der Waals surface area contributed by atoms with Gasteiger partial charge in [0.05, 0.1) is 0 Å². The maximum absolute atomic E-state index is 11.5. The van der Waals surface area contributed by atoms with Crippen LogP contribution in [0.3, 0.4) is 0 Å². The van der Waals surface area contributed by atoms with Gasteiger partial charge in [-0.15, -0.1) is 0 Å². The lowest BCUT2D eigenvalue weighted by Crippen LogP contribution is -2.55. The van der Waals surface area contributed by atoms with Gasteiger partial charge in [-0.25, -0.2) is 0 Å². The summed E-state index contributed by atoms with van der Waals surface area (Å²) in [5, 5.41) is 0. The van der Waals surface area contributed by atoms with E-state index >= 15 is 0 Å². The highest BCUT2D eigenvalue weighted by atomic mass is 28.3. The Labute approximate surface area is 99.7 Å². The predicted octanol–water partition coefficient (Wildman–Crippen LogP) is 1.06. The van der Waals surface area contributed by atoms with E-state index in [1.165, 1.54) is 0 Å². The molecular formula is C11H22N2O2Si. The minimum atomic E-state index is -1.79. The van der Waals surface area contributed by atoms with E-state index in [1.807, 2.05) is 41.7 Å². The first kappa shape index (κ1) is 14.9. The maximum Gasteiger partial charge on any atom is 0.277 e. The molecule has 0 atom stereocenters. The van der Waals surface area contributed by atoms with Gasteiger partial charge in [0.2, 0.25) is 11.8 Å². The average molecular weight is 242 g/mol. The molecule has 16 heavy (non-hydrogen) atoms. The van der Waals surface area contributed by atoms with Gasteiger partial charge >= 0.3 is 0 Å². The Morgan fingerprint density at radius 2 is 1.44 bits per heavy atom. The third-order valence-electron chi connectivity index (χ3n) is 2.49. The van der Waals surface area contributed by atoms with Gasteiger partial charge in [-0.3, -0.25) is 9.59 Å². The number of amides is 2. The molecule has 0 N–H and O–H groups in total. The molecule has 2 amide bonds. The first-order valence-corrected chi connectivity index (χ1v) is 7.36. The topological polar surface area (TPSA) is 40.6 Å². The monoisotopic (exact) mass is 242 g/mol. The molecule has 0 heterocycles. The van der Waals surface area contributed by atoms with E-state index < -0.39 is 9.12 Å². The minimum absolute atomic E-state index is 0.0389. The van der Waals surface area contributed by atoms with E-state index in [2.05, 4.69) is 0 Å². The van der Waals surface area contributed by atoms with E-state index in [4.69, 9.17) is 0 Å². The van der Waals surface area contributed by atoms with Crippen molar-refractivity contribution in [1.29, 1.82) is 0 Å². The summed E-state index contributed by atoms with van der Waals surface area (Å²) in [7, 11) is -1.79. The molecule has 0 aliphatic rings. The second kappa shape index (κ2) is 7.22. The average Bonchev–Trinajstić information content (AvgIpc) is 2.18. The van der Waals surface area contributed by atoms with Gasteiger partial charge in [-0.1, -0.05) is 11.8 Å². The Morgan fingerprint density at radius 3 is 1.62 bits per heavy atom. The SMILES string of the molecule is CC=C[SiH](N(CC)C(C)=O)N(CC)C(C)=O. The van der Waals surface area contributed by atoms with Gasteiger partial charge in [0, 0.05) is 26.9 Å². The summed E-state index contributed by atoms with van der Waals surface area (Å²) in [4.78, 5) is 23.0. The molecule has 0 saturated heterocycles. The van der Waals surface area contributed by atoms with E-state index in [9.17, 15) is 9.59 Å². The van der Waals surface area contributed by atoms with Gasteiger partial charge in [0.1, 0.15) is 0 Å². The summed E-state index contributed by atoms with van der Waals surface area (Å²) in [5.41, 5.74) is 2.01. The first-order chi connectivity index (χ1) is 7.49. The molecular weight excluding hydrogens is 220 g/mol. The van der Waals surface area contributed by atoms with Crippen LogP contribution >= 0.6 is 0 Å². The van der Waals surface area contributed by atoms with Gasteiger partial charge in [0.25, 0.3) is 9.12 Å². The predicted molar refractivity (Wildman–Crippen MR) is 68.1 cm³/mol. The Bertz CT molecular complexity index is 257. The van der Waals surface area contributed by atoms with Gasteiger partial charge in [0.15, 0.2) is 0 Å².